The summed E-state index contributed by atoms with van der Waals surface area (Å²) in [6.45, 7) is 3.17. The summed E-state index contributed by atoms with van der Waals surface area (Å²) in [4.78, 5) is 21.3. The number of ether oxygens (including phenoxy) is 1. The third-order valence-electron chi connectivity index (χ3n) is 1.39. The molecule has 1 saturated heterocycles. The first-order valence-corrected chi connectivity index (χ1v) is 2.86. The number of carbonyl (C=O) groups excluding carboxylic acids is 2. The standard InChI is InChI=1S/C6H8O3/c1-3-5(7)6(8)4(2)9-3/h3-4H,1-2H3/t3-,4?/m1/s1. The Hall–Kier alpha value is -0.700. The van der Waals surface area contributed by atoms with Gasteiger partial charge in [-0.2, -0.15) is 0 Å². The van der Waals surface area contributed by atoms with Crippen LogP contribution < -0.4 is 0 Å². The fraction of sp³-hybridized carbons (Fsp3) is 0.667. The third-order valence-corrected chi connectivity index (χ3v) is 1.39. The highest BCUT2D eigenvalue weighted by Crippen LogP contribution is 2.10. The Labute approximate surface area is 53.0 Å². The summed E-state index contributed by atoms with van der Waals surface area (Å²) in [7, 11) is 0. The number of rotatable bonds is 0. The van der Waals surface area contributed by atoms with Crippen molar-refractivity contribution in [3.8, 4) is 0 Å². The average Bonchev–Trinajstić information content (AvgIpc) is 1.98. The van der Waals surface area contributed by atoms with Gasteiger partial charge in [0.2, 0.25) is 11.6 Å². The molecule has 2 atom stereocenters. The normalized spacial score (nSPS) is 35.8. The molecule has 1 aliphatic rings. The molecule has 1 heterocycles. The van der Waals surface area contributed by atoms with Crippen LogP contribution in [-0.4, -0.2) is 23.8 Å². The molecule has 0 aliphatic carbocycles. The summed E-state index contributed by atoms with van der Waals surface area (Å²) in [6, 6.07) is 0. The van der Waals surface area contributed by atoms with E-state index in [0.29, 0.717) is 0 Å². The molecule has 0 radical (unpaired) electrons. The van der Waals surface area contributed by atoms with Crippen molar-refractivity contribution in [2.45, 2.75) is 26.1 Å². The second-order valence-corrected chi connectivity index (χ2v) is 2.15. The zero-order chi connectivity index (χ0) is 7.02. The van der Waals surface area contributed by atoms with Crippen LogP contribution in [-0.2, 0) is 14.3 Å². The zero-order valence-electron chi connectivity index (χ0n) is 5.38. The second-order valence-electron chi connectivity index (χ2n) is 2.15. The molecule has 1 aliphatic heterocycles. The van der Waals surface area contributed by atoms with E-state index in [1.165, 1.54) is 0 Å². The SMILES string of the molecule is CC1O[C@H](C)C(=O)C1=O. The lowest BCUT2D eigenvalue weighted by atomic mass is 10.2. The maximum Gasteiger partial charge on any atom is 0.229 e. The molecule has 0 aromatic carbocycles. The first-order chi connectivity index (χ1) is 4.13. The molecule has 0 saturated carbocycles. The quantitative estimate of drug-likeness (QED) is 0.429. The molecule has 0 N–H and O–H groups in total. The zero-order valence-corrected chi connectivity index (χ0v) is 5.38. The van der Waals surface area contributed by atoms with Crippen LogP contribution >= 0.6 is 0 Å². The Morgan fingerprint density at radius 2 is 1.44 bits per heavy atom. The number of Topliss-reactive ketones (excluding diaryl/α,β-unsaturated/α-hetero) is 2. The van der Waals surface area contributed by atoms with Gasteiger partial charge >= 0.3 is 0 Å². The van der Waals surface area contributed by atoms with Crippen molar-refractivity contribution in [2.24, 2.45) is 0 Å². The van der Waals surface area contributed by atoms with Crippen LogP contribution in [0.3, 0.4) is 0 Å². The van der Waals surface area contributed by atoms with Crippen LogP contribution in [0.2, 0.25) is 0 Å². The molecule has 0 bridgehead atoms. The van der Waals surface area contributed by atoms with Crippen molar-refractivity contribution in [2.75, 3.05) is 0 Å². The van der Waals surface area contributed by atoms with Crippen molar-refractivity contribution in [1.82, 2.24) is 0 Å². The molecule has 0 aromatic rings. The van der Waals surface area contributed by atoms with E-state index in [2.05, 4.69) is 0 Å². The lowest BCUT2D eigenvalue weighted by molar-refractivity contribution is -0.134. The van der Waals surface area contributed by atoms with Crippen LogP contribution in [0.1, 0.15) is 13.8 Å². The van der Waals surface area contributed by atoms with Gasteiger partial charge in [-0.25, -0.2) is 0 Å². The van der Waals surface area contributed by atoms with E-state index < -0.39 is 23.8 Å². The minimum atomic E-state index is -0.521. The van der Waals surface area contributed by atoms with E-state index in [1.54, 1.807) is 13.8 Å². The van der Waals surface area contributed by atoms with Crippen molar-refractivity contribution in [1.29, 1.82) is 0 Å². The van der Waals surface area contributed by atoms with Crippen molar-refractivity contribution in [3.63, 3.8) is 0 Å². The molecule has 1 fully saturated rings. The Bertz CT molecular complexity index is 144. The van der Waals surface area contributed by atoms with Gasteiger partial charge in [0.1, 0.15) is 12.2 Å². The molecular formula is C6H8O3. The first-order valence-electron chi connectivity index (χ1n) is 2.86. The average molecular weight is 128 g/mol. The van der Waals surface area contributed by atoms with Crippen LogP contribution in [0.4, 0.5) is 0 Å². The number of hydrogen-bond donors (Lipinski definition) is 0. The smallest absolute Gasteiger partial charge is 0.229 e. The molecular weight excluding hydrogens is 120 g/mol. The van der Waals surface area contributed by atoms with Gasteiger partial charge < -0.3 is 4.74 Å². The predicted molar refractivity (Wildman–Crippen MR) is 30.0 cm³/mol. The van der Waals surface area contributed by atoms with Gasteiger partial charge in [-0.1, -0.05) is 0 Å². The summed E-state index contributed by atoms with van der Waals surface area (Å²) < 4.78 is 4.89. The van der Waals surface area contributed by atoms with E-state index in [9.17, 15) is 9.59 Å². The van der Waals surface area contributed by atoms with Gasteiger partial charge in [0.05, 0.1) is 0 Å². The number of ketones is 2. The lowest BCUT2D eigenvalue weighted by Gasteiger charge is -1.97. The Balaban J connectivity index is 2.77. The van der Waals surface area contributed by atoms with Crippen molar-refractivity contribution in [3.05, 3.63) is 0 Å². The van der Waals surface area contributed by atoms with Crippen LogP contribution in [0.15, 0.2) is 0 Å². The molecule has 1 unspecified atom stereocenters. The van der Waals surface area contributed by atoms with Crippen LogP contribution in [0.5, 0.6) is 0 Å². The Morgan fingerprint density at radius 1 is 1.11 bits per heavy atom. The minimum Gasteiger partial charge on any atom is -0.359 e. The maximum atomic E-state index is 10.6. The number of hydrogen-bond acceptors (Lipinski definition) is 3. The highest BCUT2D eigenvalue weighted by Gasteiger charge is 2.36. The highest BCUT2D eigenvalue weighted by molar-refractivity contribution is 6.41. The largest absolute Gasteiger partial charge is 0.359 e. The van der Waals surface area contributed by atoms with Crippen LogP contribution in [0, 0.1) is 0 Å². The van der Waals surface area contributed by atoms with Crippen LogP contribution in [0.25, 0.3) is 0 Å². The topological polar surface area (TPSA) is 43.4 Å². The van der Waals surface area contributed by atoms with E-state index in [-0.39, 0.29) is 0 Å². The first kappa shape index (κ1) is 6.42. The summed E-state index contributed by atoms with van der Waals surface area (Å²) in [5.74, 6) is -0.801. The number of carbonyl (C=O) groups is 2. The van der Waals surface area contributed by atoms with Gasteiger partial charge in [0.15, 0.2) is 0 Å². The molecule has 0 aromatic heterocycles. The molecule has 9 heavy (non-hydrogen) atoms. The van der Waals surface area contributed by atoms with E-state index in [0.717, 1.165) is 0 Å². The molecule has 3 heteroatoms. The summed E-state index contributed by atoms with van der Waals surface area (Å²) >= 11 is 0. The molecule has 3 nitrogen and oxygen atoms in total. The van der Waals surface area contributed by atoms with E-state index in [4.69, 9.17) is 4.74 Å². The third kappa shape index (κ3) is 0.876. The predicted octanol–water partition coefficient (Wildman–Crippen LogP) is -0.0682. The van der Waals surface area contributed by atoms with Crippen molar-refractivity contribution < 1.29 is 14.3 Å². The van der Waals surface area contributed by atoms with Gasteiger partial charge in [0.25, 0.3) is 0 Å². The van der Waals surface area contributed by atoms with Crippen molar-refractivity contribution >= 4 is 11.6 Å². The van der Waals surface area contributed by atoms with Gasteiger partial charge in [0, 0.05) is 0 Å². The monoisotopic (exact) mass is 128 g/mol. The lowest BCUT2D eigenvalue weighted by Crippen LogP contribution is -2.17. The van der Waals surface area contributed by atoms with Gasteiger partial charge in [-0.3, -0.25) is 9.59 Å². The Morgan fingerprint density at radius 3 is 1.56 bits per heavy atom. The summed E-state index contributed by atoms with van der Waals surface area (Å²) in [5, 5.41) is 0. The maximum absolute atomic E-state index is 10.6. The molecule has 1 rings (SSSR count). The van der Waals surface area contributed by atoms with Gasteiger partial charge in [-0.05, 0) is 13.8 Å². The van der Waals surface area contributed by atoms with E-state index in [1.807, 2.05) is 0 Å². The fourth-order valence-electron chi connectivity index (χ4n) is 0.830. The Kier molecular flexibility index (Phi) is 1.37. The minimum absolute atomic E-state index is 0.400. The van der Waals surface area contributed by atoms with E-state index >= 15 is 0 Å². The molecule has 0 amide bonds. The highest BCUT2D eigenvalue weighted by atomic mass is 16.5. The molecule has 0 spiro atoms. The van der Waals surface area contributed by atoms with Gasteiger partial charge in [-0.15, -0.1) is 0 Å². The fourth-order valence-corrected chi connectivity index (χ4v) is 0.830. The molecule has 50 valence electrons. The second kappa shape index (κ2) is 1.92. The summed E-state index contributed by atoms with van der Waals surface area (Å²) in [6.07, 6.45) is -1.04. The summed E-state index contributed by atoms with van der Waals surface area (Å²) in [5.41, 5.74) is 0.